The summed E-state index contributed by atoms with van der Waals surface area (Å²) < 4.78 is 1.01. The van der Waals surface area contributed by atoms with Crippen molar-refractivity contribution in [3.05, 3.63) is 28.5 Å². The summed E-state index contributed by atoms with van der Waals surface area (Å²) in [5, 5.41) is 0. The summed E-state index contributed by atoms with van der Waals surface area (Å²) in [6, 6.07) is 4.53. The minimum absolute atomic E-state index is 0.112. The van der Waals surface area contributed by atoms with Crippen LogP contribution >= 0.6 is 15.9 Å². The fraction of sp³-hybridized carbons (Fsp3) is 0.667. The number of hydrogen-bond donors (Lipinski definition) is 1. The zero-order chi connectivity index (χ0) is 14.0. The largest absolute Gasteiger partial charge is 0.326 e. The Balaban J connectivity index is 2.36. The topological polar surface area (TPSA) is 42.1 Å². The van der Waals surface area contributed by atoms with E-state index in [9.17, 15) is 0 Å². The van der Waals surface area contributed by atoms with Crippen molar-refractivity contribution in [2.75, 3.05) is 6.54 Å². The quantitative estimate of drug-likeness (QED) is 0.859. The van der Waals surface area contributed by atoms with Gasteiger partial charge < -0.3 is 5.73 Å². The van der Waals surface area contributed by atoms with Gasteiger partial charge in [0.15, 0.2) is 0 Å². The van der Waals surface area contributed by atoms with Gasteiger partial charge in [-0.1, -0.05) is 6.42 Å². The third kappa shape index (κ3) is 3.56. The van der Waals surface area contributed by atoms with E-state index < -0.39 is 0 Å². The van der Waals surface area contributed by atoms with Crippen LogP contribution in [0.4, 0.5) is 0 Å². The number of hydrogen-bond acceptors (Lipinski definition) is 3. The van der Waals surface area contributed by atoms with Crippen molar-refractivity contribution in [2.24, 2.45) is 5.73 Å². The van der Waals surface area contributed by atoms with Crippen LogP contribution < -0.4 is 5.73 Å². The molecule has 106 valence electrons. The maximum atomic E-state index is 6.44. The number of rotatable bonds is 1. The normalized spacial score (nSPS) is 26.2. The highest BCUT2D eigenvalue weighted by Crippen LogP contribution is 2.34. The van der Waals surface area contributed by atoms with Crippen LogP contribution in [0.15, 0.2) is 22.8 Å². The van der Waals surface area contributed by atoms with E-state index in [0.29, 0.717) is 0 Å². The number of nitrogens with two attached hydrogens (primary N) is 1. The highest BCUT2D eigenvalue weighted by atomic mass is 79.9. The van der Waals surface area contributed by atoms with Gasteiger partial charge >= 0.3 is 0 Å². The van der Waals surface area contributed by atoms with E-state index in [1.165, 1.54) is 12.8 Å². The average molecular weight is 326 g/mol. The third-order valence-electron chi connectivity index (χ3n) is 3.84. The van der Waals surface area contributed by atoms with Crippen LogP contribution in [0.3, 0.4) is 0 Å². The summed E-state index contributed by atoms with van der Waals surface area (Å²) in [6.45, 7) is 7.88. The fourth-order valence-corrected chi connectivity index (χ4v) is 3.12. The van der Waals surface area contributed by atoms with Gasteiger partial charge in [-0.15, -0.1) is 0 Å². The van der Waals surface area contributed by atoms with E-state index >= 15 is 0 Å². The van der Waals surface area contributed by atoms with Gasteiger partial charge in [-0.25, -0.2) is 0 Å². The van der Waals surface area contributed by atoms with Gasteiger partial charge in [-0.05, 0) is 68.2 Å². The number of nitrogens with zero attached hydrogens (tertiary/aromatic N) is 2. The first-order chi connectivity index (χ1) is 8.89. The van der Waals surface area contributed by atoms with E-state index in [2.05, 4.69) is 58.7 Å². The summed E-state index contributed by atoms with van der Waals surface area (Å²) in [5.74, 6) is 0. The lowest BCUT2D eigenvalue weighted by atomic mass is 9.95. The molecule has 4 heteroatoms. The lowest BCUT2D eigenvalue weighted by Gasteiger charge is -2.42. The Morgan fingerprint density at radius 2 is 2.05 bits per heavy atom. The molecule has 0 radical (unpaired) electrons. The van der Waals surface area contributed by atoms with Gasteiger partial charge in [-0.2, -0.15) is 0 Å². The summed E-state index contributed by atoms with van der Waals surface area (Å²) in [6.07, 6.45) is 5.38. The van der Waals surface area contributed by atoms with Crippen LogP contribution in [0, 0.1) is 0 Å². The van der Waals surface area contributed by atoms with Gasteiger partial charge in [-0.3, -0.25) is 9.88 Å². The van der Waals surface area contributed by atoms with Crippen molar-refractivity contribution in [2.45, 2.75) is 57.7 Å². The Bertz CT molecular complexity index is 410. The van der Waals surface area contributed by atoms with Crippen LogP contribution in [-0.2, 0) is 0 Å². The average Bonchev–Trinajstić information content (AvgIpc) is 2.52. The first-order valence-electron chi connectivity index (χ1n) is 7.03. The standard InChI is InChI=1S/C15H24BrN3/c1-15(2,3)19-9-5-4-6-12(17)14(19)13-8-7-11(16)10-18-13/h7-8,10,12,14H,4-6,9,17H2,1-3H3. The van der Waals surface area contributed by atoms with E-state index in [4.69, 9.17) is 5.73 Å². The molecule has 0 spiro atoms. The number of halogens is 1. The molecule has 1 fully saturated rings. The Morgan fingerprint density at radius 1 is 1.32 bits per heavy atom. The van der Waals surface area contributed by atoms with E-state index in [0.717, 1.165) is 23.1 Å². The molecule has 1 aromatic rings. The molecule has 3 nitrogen and oxygen atoms in total. The predicted molar refractivity (Wildman–Crippen MR) is 83.0 cm³/mol. The summed E-state index contributed by atoms with van der Waals surface area (Å²) >= 11 is 3.45. The zero-order valence-corrected chi connectivity index (χ0v) is 13.7. The SMILES string of the molecule is CC(C)(C)N1CCCCC(N)C1c1ccc(Br)cn1. The molecule has 1 aromatic heterocycles. The van der Waals surface area contributed by atoms with Gasteiger partial charge in [0.25, 0.3) is 0 Å². The maximum absolute atomic E-state index is 6.44. The van der Waals surface area contributed by atoms with E-state index in [1.807, 2.05) is 6.20 Å². The minimum Gasteiger partial charge on any atom is -0.326 e. The summed E-state index contributed by atoms with van der Waals surface area (Å²) in [4.78, 5) is 7.10. The van der Waals surface area contributed by atoms with Crippen molar-refractivity contribution < 1.29 is 0 Å². The van der Waals surface area contributed by atoms with Crippen molar-refractivity contribution >= 4 is 15.9 Å². The molecule has 1 aliphatic rings. The molecule has 19 heavy (non-hydrogen) atoms. The number of likely N-dealkylation sites (tertiary alicyclic amines) is 1. The first kappa shape index (κ1) is 14.9. The van der Waals surface area contributed by atoms with Crippen LogP contribution in [0.25, 0.3) is 0 Å². The fourth-order valence-electron chi connectivity index (χ4n) is 2.88. The second-order valence-electron chi connectivity index (χ2n) is 6.37. The van der Waals surface area contributed by atoms with Crippen LogP contribution in [-0.4, -0.2) is 28.0 Å². The molecule has 2 rings (SSSR count). The molecule has 0 aliphatic carbocycles. The molecule has 2 heterocycles. The Kier molecular flexibility index (Phi) is 4.64. The van der Waals surface area contributed by atoms with Crippen LogP contribution in [0.2, 0.25) is 0 Å². The van der Waals surface area contributed by atoms with Crippen molar-refractivity contribution in [3.8, 4) is 0 Å². The lowest BCUT2D eigenvalue weighted by Crippen LogP contribution is -2.49. The van der Waals surface area contributed by atoms with Gasteiger partial charge in [0, 0.05) is 22.3 Å². The summed E-state index contributed by atoms with van der Waals surface area (Å²) in [5.41, 5.74) is 7.65. The van der Waals surface area contributed by atoms with Crippen molar-refractivity contribution in [3.63, 3.8) is 0 Å². The Morgan fingerprint density at radius 3 is 2.63 bits per heavy atom. The second-order valence-corrected chi connectivity index (χ2v) is 7.29. The highest BCUT2D eigenvalue weighted by Gasteiger charge is 2.35. The van der Waals surface area contributed by atoms with E-state index in [-0.39, 0.29) is 17.6 Å². The van der Waals surface area contributed by atoms with Gasteiger partial charge in [0.1, 0.15) is 0 Å². The Labute approximate surface area is 124 Å². The van der Waals surface area contributed by atoms with Gasteiger partial charge in [0.05, 0.1) is 11.7 Å². The third-order valence-corrected chi connectivity index (χ3v) is 4.31. The number of aromatic nitrogens is 1. The lowest BCUT2D eigenvalue weighted by molar-refractivity contribution is 0.0732. The molecule has 1 aliphatic heterocycles. The maximum Gasteiger partial charge on any atom is 0.0677 e. The van der Waals surface area contributed by atoms with Crippen LogP contribution in [0.5, 0.6) is 0 Å². The molecule has 0 bridgehead atoms. The molecule has 1 saturated heterocycles. The van der Waals surface area contributed by atoms with Gasteiger partial charge in [0.2, 0.25) is 0 Å². The summed E-state index contributed by atoms with van der Waals surface area (Å²) in [7, 11) is 0. The molecule has 2 unspecified atom stereocenters. The first-order valence-corrected chi connectivity index (χ1v) is 7.82. The molecule has 0 saturated carbocycles. The monoisotopic (exact) mass is 325 g/mol. The van der Waals surface area contributed by atoms with Crippen molar-refractivity contribution in [1.29, 1.82) is 0 Å². The molecule has 2 atom stereocenters. The molecular weight excluding hydrogens is 302 g/mol. The molecule has 0 amide bonds. The van der Waals surface area contributed by atoms with E-state index in [1.54, 1.807) is 0 Å². The van der Waals surface area contributed by atoms with Crippen molar-refractivity contribution in [1.82, 2.24) is 9.88 Å². The van der Waals surface area contributed by atoms with Crippen LogP contribution in [0.1, 0.15) is 51.8 Å². The molecular formula is C15H24BrN3. The second kappa shape index (κ2) is 5.90. The highest BCUT2D eigenvalue weighted by molar-refractivity contribution is 9.10. The molecule has 2 N–H and O–H groups in total. The minimum atomic E-state index is 0.112. The Hall–Kier alpha value is -0.450. The molecule has 0 aromatic carbocycles. The predicted octanol–water partition coefficient (Wildman–Crippen LogP) is 3.50. The number of pyridine rings is 1. The zero-order valence-electron chi connectivity index (χ0n) is 12.1. The smallest absolute Gasteiger partial charge is 0.0677 e.